The number of nitrogens with zero attached hydrogens (tertiary/aromatic N) is 4. The van der Waals surface area contributed by atoms with E-state index in [9.17, 15) is 0 Å². The van der Waals surface area contributed by atoms with Crippen LogP contribution < -0.4 is 5.32 Å². The van der Waals surface area contributed by atoms with Crippen molar-refractivity contribution in [2.45, 2.75) is 13.0 Å². The summed E-state index contributed by atoms with van der Waals surface area (Å²) in [5, 5.41) is 3.44. The maximum absolute atomic E-state index is 5.27. The Labute approximate surface area is 137 Å². The van der Waals surface area contributed by atoms with Crippen LogP contribution >= 0.6 is 0 Å². The van der Waals surface area contributed by atoms with Crippen molar-refractivity contribution >= 4 is 17.0 Å². The van der Waals surface area contributed by atoms with Crippen molar-refractivity contribution in [2.24, 2.45) is 18.0 Å². The van der Waals surface area contributed by atoms with Crippen molar-refractivity contribution in [3.05, 3.63) is 30.1 Å². The van der Waals surface area contributed by atoms with Gasteiger partial charge in [0.15, 0.2) is 5.96 Å². The zero-order chi connectivity index (χ0) is 16.2. The number of para-hydroxylation sites is 2. The number of guanidine groups is 1. The first-order valence-corrected chi connectivity index (χ1v) is 8.07. The second-order valence-corrected chi connectivity index (χ2v) is 6.03. The van der Waals surface area contributed by atoms with Crippen LogP contribution in [-0.4, -0.2) is 54.3 Å². The molecule has 1 aromatic carbocycles. The number of hydrogen-bond acceptors (Lipinski definition) is 3. The zero-order valence-corrected chi connectivity index (χ0v) is 14.1. The van der Waals surface area contributed by atoms with E-state index in [1.807, 2.05) is 25.2 Å². The number of rotatable bonds is 4. The highest BCUT2D eigenvalue weighted by atomic mass is 16.5. The average molecular weight is 315 g/mol. The summed E-state index contributed by atoms with van der Waals surface area (Å²) in [6, 6.07) is 8.20. The van der Waals surface area contributed by atoms with Crippen LogP contribution in [0.3, 0.4) is 0 Å². The van der Waals surface area contributed by atoms with Gasteiger partial charge in [0.1, 0.15) is 5.82 Å². The quantitative estimate of drug-likeness (QED) is 0.688. The van der Waals surface area contributed by atoms with Crippen LogP contribution in [0.1, 0.15) is 12.2 Å². The number of aryl methyl sites for hydroxylation is 1. The van der Waals surface area contributed by atoms with E-state index >= 15 is 0 Å². The van der Waals surface area contributed by atoms with Crippen LogP contribution in [0.2, 0.25) is 0 Å². The number of aromatic nitrogens is 2. The van der Waals surface area contributed by atoms with Crippen LogP contribution in [0.4, 0.5) is 0 Å². The van der Waals surface area contributed by atoms with E-state index in [1.165, 1.54) is 0 Å². The van der Waals surface area contributed by atoms with Crippen molar-refractivity contribution in [3.8, 4) is 0 Å². The summed E-state index contributed by atoms with van der Waals surface area (Å²) in [4.78, 5) is 11.4. The number of nitrogens with one attached hydrogen (secondary N) is 1. The smallest absolute Gasteiger partial charge is 0.194 e. The molecule has 2 heterocycles. The fourth-order valence-electron chi connectivity index (χ4n) is 3.24. The molecule has 6 heteroatoms. The van der Waals surface area contributed by atoms with Gasteiger partial charge in [0.05, 0.1) is 24.2 Å². The predicted molar refractivity (Wildman–Crippen MR) is 92.5 cm³/mol. The van der Waals surface area contributed by atoms with E-state index in [-0.39, 0.29) is 0 Å². The molecule has 1 unspecified atom stereocenters. The number of fused-ring (bicyclic) bond motifs is 1. The van der Waals surface area contributed by atoms with E-state index in [4.69, 9.17) is 9.72 Å². The third kappa shape index (κ3) is 3.32. The molecule has 0 aliphatic carbocycles. The third-order valence-electron chi connectivity index (χ3n) is 4.48. The first-order chi connectivity index (χ1) is 11.2. The summed E-state index contributed by atoms with van der Waals surface area (Å²) in [5.41, 5.74) is 2.18. The van der Waals surface area contributed by atoms with Crippen LogP contribution in [0, 0.1) is 5.92 Å². The number of methoxy groups -OCH3 is 1. The number of aliphatic imine (C=N–C) groups is 1. The summed E-state index contributed by atoms with van der Waals surface area (Å²) in [6.45, 7) is 3.51. The van der Waals surface area contributed by atoms with Crippen LogP contribution in [0.25, 0.3) is 11.0 Å². The van der Waals surface area contributed by atoms with Gasteiger partial charge in [0.2, 0.25) is 0 Å². The molecule has 23 heavy (non-hydrogen) atoms. The molecule has 0 amide bonds. The SMILES string of the molecule is CN=C(NCc1nc2ccccc2n1C)N1CCC(COC)C1. The maximum Gasteiger partial charge on any atom is 0.194 e. The first-order valence-electron chi connectivity index (χ1n) is 8.07. The standard InChI is InChI=1S/C17H25N5O/c1-18-17(22-9-8-13(11-22)12-23-3)19-10-16-20-14-6-4-5-7-15(14)21(16)2/h4-7,13H,8-12H2,1-3H3,(H,18,19). The summed E-state index contributed by atoms with van der Waals surface area (Å²) in [5.74, 6) is 2.55. The maximum atomic E-state index is 5.27. The lowest BCUT2D eigenvalue weighted by Gasteiger charge is -2.21. The molecule has 1 saturated heterocycles. The molecular formula is C17H25N5O. The van der Waals surface area contributed by atoms with E-state index < -0.39 is 0 Å². The van der Waals surface area contributed by atoms with Gasteiger partial charge in [-0.1, -0.05) is 12.1 Å². The highest BCUT2D eigenvalue weighted by Crippen LogP contribution is 2.17. The van der Waals surface area contributed by atoms with Gasteiger partial charge in [-0.05, 0) is 18.6 Å². The van der Waals surface area contributed by atoms with Gasteiger partial charge in [-0.25, -0.2) is 4.98 Å². The van der Waals surface area contributed by atoms with Gasteiger partial charge >= 0.3 is 0 Å². The van der Waals surface area contributed by atoms with Gasteiger partial charge in [-0.15, -0.1) is 0 Å². The van der Waals surface area contributed by atoms with E-state index in [0.717, 1.165) is 48.9 Å². The third-order valence-corrected chi connectivity index (χ3v) is 4.48. The molecule has 3 rings (SSSR count). The Bertz CT molecular complexity index is 693. The normalized spacial score (nSPS) is 18.8. The lowest BCUT2D eigenvalue weighted by molar-refractivity contribution is 0.157. The van der Waals surface area contributed by atoms with Gasteiger partial charge in [-0.2, -0.15) is 0 Å². The Balaban J connectivity index is 1.65. The summed E-state index contributed by atoms with van der Waals surface area (Å²) in [6.07, 6.45) is 1.15. The van der Waals surface area contributed by atoms with Gasteiger partial charge < -0.3 is 19.5 Å². The molecule has 0 bridgehead atoms. The molecule has 1 N–H and O–H groups in total. The van der Waals surface area contributed by atoms with Crippen LogP contribution in [0.5, 0.6) is 0 Å². The molecule has 1 aliphatic rings. The molecule has 1 fully saturated rings. The molecule has 2 aromatic rings. The zero-order valence-electron chi connectivity index (χ0n) is 14.1. The molecule has 1 atom stereocenters. The largest absolute Gasteiger partial charge is 0.384 e. The molecule has 124 valence electrons. The van der Waals surface area contributed by atoms with Crippen molar-refractivity contribution in [1.29, 1.82) is 0 Å². The van der Waals surface area contributed by atoms with Crippen molar-refractivity contribution in [2.75, 3.05) is 33.9 Å². The number of imidazole rings is 1. The Kier molecular flexibility index (Phi) is 4.81. The van der Waals surface area contributed by atoms with Crippen molar-refractivity contribution in [1.82, 2.24) is 19.8 Å². The van der Waals surface area contributed by atoms with E-state index in [2.05, 4.69) is 32.9 Å². The lowest BCUT2D eigenvalue weighted by Crippen LogP contribution is -2.40. The first kappa shape index (κ1) is 15.8. The predicted octanol–water partition coefficient (Wildman–Crippen LogP) is 1.62. The van der Waals surface area contributed by atoms with Crippen LogP contribution in [0.15, 0.2) is 29.3 Å². The highest BCUT2D eigenvalue weighted by molar-refractivity contribution is 5.80. The van der Waals surface area contributed by atoms with E-state index in [0.29, 0.717) is 12.5 Å². The Hall–Kier alpha value is -2.08. The lowest BCUT2D eigenvalue weighted by atomic mass is 10.1. The Morgan fingerprint density at radius 1 is 1.43 bits per heavy atom. The summed E-state index contributed by atoms with van der Waals surface area (Å²) < 4.78 is 7.40. The van der Waals surface area contributed by atoms with Crippen LogP contribution in [-0.2, 0) is 18.3 Å². The summed E-state index contributed by atoms with van der Waals surface area (Å²) >= 11 is 0. The van der Waals surface area contributed by atoms with E-state index in [1.54, 1.807) is 7.11 Å². The highest BCUT2D eigenvalue weighted by Gasteiger charge is 2.24. The minimum absolute atomic E-state index is 0.592. The molecule has 1 aliphatic heterocycles. The molecule has 6 nitrogen and oxygen atoms in total. The average Bonchev–Trinajstić information content (AvgIpc) is 3.15. The second-order valence-electron chi connectivity index (χ2n) is 6.03. The van der Waals surface area contributed by atoms with Crippen molar-refractivity contribution in [3.63, 3.8) is 0 Å². The fourth-order valence-corrected chi connectivity index (χ4v) is 3.24. The topological polar surface area (TPSA) is 54.7 Å². The van der Waals surface area contributed by atoms with Gasteiger partial charge in [0, 0.05) is 40.2 Å². The number of hydrogen-bond donors (Lipinski definition) is 1. The minimum Gasteiger partial charge on any atom is -0.384 e. The van der Waals surface area contributed by atoms with Crippen molar-refractivity contribution < 1.29 is 4.74 Å². The molecule has 0 spiro atoms. The number of benzene rings is 1. The Morgan fingerprint density at radius 2 is 2.26 bits per heavy atom. The molecule has 0 radical (unpaired) electrons. The second kappa shape index (κ2) is 7.00. The van der Waals surface area contributed by atoms with Gasteiger partial charge in [-0.3, -0.25) is 4.99 Å². The molecular weight excluding hydrogens is 290 g/mol. The number of ether oxygens (including phenoxy) is 1. The summed E-state index contributed by atoms with van der Waals surface area (Å²) in [7, 11) is 5.65. The minimum atomic E-state index is 0.592. The monoisotopic (exact) mass is 315 g/mol. The number of likely N-dealkylation sites (tertiary alicyclic amines) is 1. The van der Waals surface area contributed by atoms with Gasteiger partial charge in [0.25, 0.3) is 0 Å². The molecule has 0 saturated carbocycles. The molecule has 1 aromatic heterocycles. The fraction of sp³-hybridized carbons (Fsp3) is 0.529. The Morgan fingerprint density at radius 3 is 3.00 bits per heavy atom.